The van der Waals surface area contributed by atoms with E-state index in [9.17, 15) is 4.79 Å². The molecule has 3 N–H and O–H groups in total. The van der Waals surface area contributed by atoms with Gasteiger partial charge in [0.25, 0.3) is 0 Å². The van der Waals surface area contributed by atoms with Crippen LogP contribution in [0.15, 0.2) is 24.5 Å². The standard InChI is InChI=1S/C20H26N4O/c1-13-5-6-14(2)15(9-13)11-21-19(25)17-10-16-18(23-12-22-16)20(24-17)7-3-4-8-20/h5-6,9,12,17,24H,3-4,7-8,10-11H2,1-2H3,(H,21,25)(H,22,23)/t17-/m0/s1. The van der Waals surface area contributed by atoms with E-state index < -0.39 is 0 Å². The highest BCUT2D eigenvalue weighted by Crippen LogP contribution is 2.41. The third-order valence-electron chi connectivity index (χ3n) is 5.76. The molecule has 1 saturated carbocycles. The van der Waals surface area contributed by atoms with E-state index in [1.165, 1.54) is 29.5 Å². The first-order chi connectivity index (χ1) is 12.1. The second-order valence-corrected chi connectivity index (χ2v) is 7.57. The molecule has 2 aromatic rings. The molecule has 1 aliphatic heterocycles. The maximum atomic E-state index is 12.8. The number of aromatic amines is 1. The highest BCUT2D eigenvalue weighted by Gasteiger charge is 2.45. The first-order valence-corrected chi connectivity index (χ1v) is 9.22. The van der Waals surface area contributed by atoms with E-state index in [0.29, 0.717) is 13.0 Å². The minimum Gasteiger partial charge on any atom is -0.351 e. The topological polar surface area (TPSA) is 69.8 Å². The zero-order valence-electron chi connectivity index (χ0n) is 15.0. The van der Waals surface area contributed by atoms with Crippen LogP contribution in [-0.2, 0) is 23.3 Å². The molecule has 25 heavy (non-hydrogen) atoms. The van der Waals surface area contributed by atoms with Crippen LogP contribution in [0.1, 0.15) is 53.8 Å². The van der Waals surface area contributed by atoms with Crippen molar-refractivity contribution in [3.8, 4) is 0 Å². The number of rotatable bonds is 3. The molecular weight excluding hydrogens is 312 g/mol. The van der Waals surface area contributed by atoms with Crippen molar-refractivity contribution in [2.24, 2.45) is 0 Å². The van der Waals surface area contributed by atoms with Gasteiger partial charge in [-0.2, -0.15) is 0 Å². The van der Waals surface area contributed by atoms with Crippen LogP contribution in [0, 0.1) is 13.8 Å². The zero-order valence-corrected chi connectivity index (χ0v) is 15.0. The summed E-state index contributed by atoms with van der Waals surface area (Å²) in [7, 11) is 0. The molecule has 1 fully saturated rings. The first kappa shape index (κ1) is 16.3. The number of hydrogen-bond donors (Lipinski definition) is 3. The fraction of sp³-hybridized carbons (Fsp3) is 0.500. The van der Waals surface area contributed by atoms with Gasteiger partial charge in [0.1, 0.15) is 0 Å². The minimum absolute atomic E-state index is 0.0763. The second kappa shape index (κ2) is 6.30. The van der Waals surface area contributed by atoms with E-state index in [4.69, 9.17) is 0 Å². The van der Waals surface area contributed by atoms with Crippen LogP contribution >= 0.6 is 0 Å². The summed E-state index contributed by atoms with van der Waals surface area (Å²) in [4.78, 5) is 20.6. The van der Waals surface area contributed by atoms with Gasteiger partial charge < -0.3 is 10.3 Å². The van der Waals surface area contributed by atoms with E-state index in [-0.39, 0.29) is 17.5 Å². The third kappa shape index (κ3) is 2.97. The van der Waals surface area contributed by atoms with Gasteiger partial charge in [-0.05, 0) is 37.8 Å². The van der Waals surface area contributed by atoms with Crippen molar-refractivity contribution in [2.75, 3.05) is 0 Å². The van der Waals surface area contributed by atoms with E-state index in [2.05, 4.69) is 52.6 Å². The molecule has 132 valence electrons. The molecule has 0 bridgehead atoms. The number of fused-ring (bicyclic) bond motifs is 2. The third-order valence-corrected chi connectivity index (χ3v) is 5.76. The minimum atomic E-state index is -0.198. The molecule has 1 aromatic heterocycles. The Balaban J connectivity index is 1.49. The van der Waals surface area contributed by atoms with Crippen molar-refractivity contribution in [2.45, 2.75) is 64.1 Å². The average Bonchev–Trinajstić information content (AvgIpc) is 3.25. The molecule has 1 aliphatic carbocycles. The summed E-state index contributed by atoms with van der Waals surface area (Å²) in [5.41, 5.74) is 5.75. The van der Waals surface area contributed by atoms with Crippen LogP contribution in [0.4, 0.5) is 0 Å². The average molecular weight is 338 g/mol. The first-order valence-electron chi connectivity index (χ1n) is 9.22. The quantitative estimate of drug-likeness (QED) is 0.806. The number of amides is 1. The number of carbonyl (C=O) groups is 1. The van der Waals surface area contributed by atoms with Gasteiger partial charge >= 0.3 is 0 Å². The lowest BCUT2D eigenvalue weighted by molar-refractivity contribution is -0.124. The number of aryl methyl sites for hydroxylation is 2. The lowest BCUT2D eigenvalue weighted by Crippen LogP contribution is -2.57. The Morgan fingerprint density at radius 3 is 2.92 bits per heavy atom. The molecule has 0 saturated heterocycles. The Labute approximate surface area is 148 Å². The number of benzene rings is 1. The Hall–Kier alpha value is -2.14. The van der Waals surface area contributed by atoms with Gasteiger partial charge in [-0.3, -0.25) is 10.1 Å². The van der Waals surface area contributed by atoms with Crippen molar-refractivity contribution in [1.82, 2.24) is 20.6 Å². The van der Waals surface area contributed by atoms with Crippen LogP contribution < -0.4 is 10.6 Å². The second-order valence-electron chi connectivity index (χ2n) is 7.57. The molecule has 1 amide bonds. The predicted molar refractivity (Wildman–Crippen MR) is 97.1 cm³/mol. The summed E-state index contributed by atoms with van der Waals surface area (Å²) >= 11 is 0. The number of nitrogens with one attached hydrogen (secondary N) is 3. The largest absolute Gasteiger partial charge is 0.351 e. The van der Waals surface area contributed by atoms with E-state index >= 15 is 0 Å². The number of imidazole rings is 1. The van der Waals surface area contributed by atoms with E-state index in [1.807, 2.05) is 0 Å². The molecule has 0 unspecified atom stereocenters. The molecule has 5 heteroatoms. The molecule has 0 radical (unpaired) electrons. The van der Waals surface area contributed by atoms with Gasteiger partial charge in [0, 0.05) is 18.7 Å². The summed E-state index contributed by atoms with van der Waals surface area (Å²) in [5, 5.41) is 6.77. The summed E-state index contributed by atoms with van der Waals surface area (Å²) in [6.07, 6.45) is 6.95. The van der Waals surface area contributed by atoms with E-state index in [0.717, 1.165) is 24.2 Å². The molecule has 2 heterocycles. The van der Waals surface area contributed by atoms with Gasteiger partial charge in [-0.25, -0.2) is 4.98 Å². The van der Waals surface area contributed by atoms with E-state index in [1.54, 1.807) is 6.33 Å². The van der Waals surface area contributed by atoms with Crippen molar-refractivity contribution < 1.29 is 4.79 Å². The lowest BCUT2D eigenvalue weighted by atomic mass is 9.84. The SMILES string of the molecule is Cc1ccc(C)c(CNC(=O)[C@@H]2Cc3[nH]cnc3C3(CCCC3)N2)c1. The number of nitrogens with zero attached hydrogens (tertiary/aromatic N) is 1. The Morgan fingerprint density at radius 2 is 2.12 bits per heavy atom. The molecule has 2 aliphatic rings. The summed E-state index contributed by atoms with van der Waals surface area (Å²) in [6, 6.07) is 6.17. The summed E-state index contributed by atoms with van der Waals surface area (Å²) in [6.45, 7) is 4.74. The lowest BCUT2D eigenvalue weighted by Gasteiger charge is -2.38. The monoisotopic (exact) mass is 338 g/mol. The molecule has 4 rings (SSSR count). The fourth-order valence-corrected chi connectivity index (χ4v) is 4.36. The molecule has 1 spiro atoms. The number of hydrogen-bond acceptors (Lipinski definition) is 3. The normalized spacial score (nSPS) is 21.3. The molecule has 1 aromatic carbocycles. The van der Waals surface area contributed by atoms with Crippen LogP contribution in [0.3, 0.4) is 0 Å². The number of aromatic nitrogens is 2. The van der Waals surface area contributed by atoms with Crippen molar-refractivity contribution in [3.05, 3.63) is 52.6 Å². The van der Waals surface area contributed by atoms with Crippen molar-refractivity contribution in [3.63, 3.8) is 0 Å². The van der Waals surface area contributed by atoms with Gasteiger partial charge in [0.05, 0.1) is 23.6 Å². The van der Waals surface area contributed by atoms with Crippen LogP contribution in [0.2, 0.25) is 0 Å². The maximum Gasteiger partial charge on any atom is 0.237 e. The Morgan fingerprint density at radius 1 is 1.32 bits per heavy atom. The van der Waals surface area contributed by atoms with Crippen LogP contribution in [-0.4, -0.2) is 21.9 Å². The van der Waals surface area contributed by atoms with Gasteiger partial charge in [-0.1, -0.05) is 36.6 Å². The summed E-state index contributed by atoms with van der Waals surface area (Å²) < 4.78 is 0. The van der Waals surface area contributed by atoms with Gasteiger partial charge in [0.15, 0.2) is 0 Å². The smallest absolute Gasteiger partial charge is 0.237 e. The maximum absolute atomic E-state index is 12.8. The van der Waals surface area contributed by atoms with Crippen molar-refractivity contribution in [1.29, 1.82) is 0 Å². The Kier molecular flexibility index (Phi) is 4.12. The predicted octanol–water partition coefficient (Wildman–Crippen LogP) is 2.63. The van der Waals surface area contributed by atoms with Crippen molar-refractivity contribution >= 4 is 5.91 Å². The molecule has 5 nitrogen and oxygen atoms in total. The fourth-order valence-electron chi connectivity index (χ4n) is 4.36. The number of carbonyl (C=O) groups excluding carboxylic acids is 1. The zero-order chi connectivity index (χ0) is 17.4. The van der Waals surface area contributed by atoms with Crippen LogP contribution in [0.5, 0.6) is 0 Å². The highest BCUT2D eigenvalue weighted by molar-refractivity contribution is 5.82. The van der Waals surface area contributed by atoms with Crippen LogP contribution in [0.25, 0.3) is 0 Å². The molecular formula is C20H26N4O. The van der Waals surface area contributed by atoms with Gasteiger partial charge in [-0.15, -0.1) is 0 Å². The number of H-pyrrole nitrogens is 1. The highest BCUT2D eigenvalue weighted by atomic mass is 16.2. The van der Waals surface area contributed by atoms with Gasteiger partial charge in [0.2, 0.25) is 5.91 Å². The molecule has 1 atom stereocenters. The Bertz CT molecular complexity index is 789. The summed E-state index contributed by atoms with van der Waals surface area (Å²) in [5.74, 6) is 0.0763.